The van der Waals surface area contributed by atoms with Gasteiger partial charge >= 0.3 is 5.97 Å². The zero-order chi connectivity index (χ0) is 17.7. The molecule has 2 rings (SSSR count). The molecule has 0 aromatic heterocycles. The van der Waals surface area contributed by atoms with E-state index in [9.17, 15) is 20.1 Å². The molecular weight excluding hydrogens is 304 g/mol. The van der Waals surface area contributed by atoms with Crippen molar-refractivity contribution in [2.45, 2.75) is 25.2 Å². The minimum atomic E-state index is -0.862. The van der Waals surface area contributed by atoms with Gasteiger partial charge in [-0.1, -0.05) is 37.3 Å². The Kier molecular flexibility index (Phi) is 5.29. The predicted octanol–water partition coefficient (Wildman–Crippen LogP) is 4.07. The fourth-order valence-electron chi connectivity index (χ4n) is 3.03. The first kappa shape index (κ1) is 17.6. The maximum Gasteiger partial charge on any atom is 0.306 e. The highest BCUT2D eigenvalue weighted by atomic mass is 16.4. The minimum absolute atomic E-state index is 0.160. The fourth-order valence-corrected chi connectivity index (χ4v) is 3.03. The zero-order valence-electron chi connectivity index (χ0n) is 13.6. The number of benzene rings is 2. The summed E-state index contributed by atoms with van der Waals surface area (Å²) in [4.78, 5) is 11.6. The molecule has 0 aliphatic rings. The molecule has 2 aromatic carbocycles. The van der Waals surface area contributed by atoms with Crippen LogP contribution in [0.2, 0.25) is 0 Å². The average molecular weight is 326 g/mol. The maximum absolute atomic E-state index is 11.6. The summed E-state index contributed by atoms with van der Waals surface area (Å²) in [5.74, 6) is -1.12. The molecule has 0 heterocycles. The molecule has 0 aliphatic carbocycles. The predicted molar refractivity (Wildman–Crippen MR) is 93.2 cm³/mol. The lowest BCUT2D eigenvalue weighted by molar-refractivity contribution is -0.142. The molecule has 3 N–H and O–H groups in total. The molecule has 1 atom stereocenters. The summed E-state index contributed by atoms with van der Waals surface area (Å²) < 4.78 is 0. The van der Waals surface area contributed by atoms with Crippen molar-refractivity contribution >= 4 is 5.97 Å². The molecular formula is C20H22O4. The Morgan fingerprint density at radius 2 is 1.46 bits per heavy atom. The van der Waals surface area contributed by atoms with Crippen molar-refractivity contribution in [3.8, 4) is 11.5 Å². The van der Waals surface area contributed by atoms with E-state index >= 15 is 0 Å². The van der Waals surface area contributed by atoms with E-state index in [0.29, 0.717) is 12.8 Å². The van der Waals surface area contributed by atoms with Crippen LogP contribution in [0.25, 0.3) is 0 Å². The molecule has 24 heavy (non-hydrogen) atoms. The number of phenols is 2. The van der Waals surface area contributed by atoms with Crippen LogP contribution < -0.4 is 0 Å². The van der Waals surface area contributed by atoms with Crippen molar-refractivity contribution in [2.24, 2.45) is 5.92 Å². The third kappa shape index (κ3) is 3.77. The van der Waals surface area contributed by atoms with Gasteiger partial charge in [0.1, 0.15) is 11.5 Å². The van der Waals surface area contributed by atoms with E-state index in [1.165, 1.54) is 0 Å². The van der Waals surface area contributed by atoms with Gasteiger partial charge < -0.3 is 15.3 Å². The second kappa shape index (κ2) is 7.21. The SMILES string of the molecule is C=CCC(CC(C)(c1ccc(O)cc1)c1ccc(O)cc1)C(=O)O. The lowest BCUT2D eigenvalue weighted by Gasteiger charge is -2.33. The van der Waals surface area contributed by atoms with Crippen LogP contribution in [0.4, 0.5) is 0 Å². The van der Waals surface area contributed by atoms with Gasteiger partial charge in [0, 0.05) is 5.41 Å². The molecule has 2 aromatic rings. The Balaban J connectivity index is 2.51. The molecule has 0 saturated heterocycles. The lowest BCUT2D eigenvalue weighted by Crippen LogP contribution is -2.30. The topological polar surface area (TPSA) is 77.8 Å². The number of phenolic OH excluding ortho intramolecular Hbond substituents is 2. The third-order valence-corrected chi connectivity index (χ3v) is 4.46. The molecule has 4 heteroatoms. The average Bonchev–Trinajstić information content (AvgIpc) is 2.55. The van der Waals surface area contributed by atoms with Gasteiger partial charge in [-0.2, -0.15) is 0 Å². The Bertz CT molecular complexity index is 656. The van der Waals surface area contributed by atoms with Crippen LogP contribution in [0.3, 0.4) is 0 Å². The van der Waals surface area contributed by atoms with Crippen molar-refractivity contribution < 1.29 is 20.1 Å². The number of carbonyl (C=O) groups is 1. The van der Waals surface area contributed by atoms with Crippen molar-refractivity contribution in [3.63, 3.8) is 0 Å². The van der Waals surface area contributed by atoms with E-state index in [-0.39, 0.29) is 11.5 Å². The molecule has 0 aliphatic heterocycles. The van der Waals surface area contributed by atoms with Gasteiger partial charge in [-0.15, -0.1) is 6.58 Å². The van der Waals surface area contributed by atoms with Crippen molar-refractivity contribution in [3.05, 3.63) is 72.3 Å². The third-order valence-electron chi connectivity index (χ3n) is 4.46. The normalized spacial score (nSPS) is 12.5. The number of hydrogen-bond donors (Lipinski definition) is 3. The molecule has 0 radical (unpaired) electrons. The Labute approximate surface area is 141 Å². The van der Waals surface area contributed by atoms with Crippen molar-refractivity contribution in [1.29, 1.82) is 0 Å². The van der Waals surface area contributed by atoms with E-state index < -0.39 is 17.3 Å². The smallest absolute Gasteiger partial charge is 0.306 e. The van der Waals surface area contributed by atoms with Crippen molar-refractivity contribution in [2.75, 3.05) is 0 Å². The first-order valence-corrected chi connectivity index (χ1v) is 7.79. The number of aromatic hydroxyl groups is 2. The summed E-state index contributed by atoms with van der Waals surface area (Å²) in [7, 11) is 0. The molecule has 1 unspecified atom stereocenters. The van der Waals surface area contributed by atoms with Gasteiger partial charge in [0.15, 0.2) is 0 Å². The molecule has 0 amide bonds. The summed E-state index contributed by atoms with van der Waals surface area (Å²) >= 11 is 0. The van der Waals surface area contributed by atoms with Crippen LogP contribution in [-0.4, -0.2) is 21.3 Å². The van der Waals surface area contributed by atoms with Crippen LogP contribution in [0.1, 0.15) is 30.9 Å². The second-order valence-corrected chi connectivity index (χ2v) is 6.19. The maximum atomic E-state index is 11.6. The summed E-state index contributed by atoms with van der Waals surface area (Å²) in [6, 6.07) is 13.6. The largest absolute Gasteiger partial charge is 0.508 e. The zero-order valence-corrected chi connectivity index (χ0v) is 13.6. The molecule has 0 saturated carbocycles. The number of rotatable bonds is 7. The van der Waals surface area contributed by atoms with E-state index in [1.54, 1.807) is 54.6 Å². The molecule has 0 spiro atoms. The Hall–Kier alpha value is -2.75. The van der Waals surface area contributed by atoms with Crippen LogP contribution in [0.15, 0.2) is 61.2 Å². The molecule has 0 fully saturated rings. The standard InChI is InChI=1S/C20H22O4/c1-3-4-14(19(23)24)13-20(2,15-5-9-17(21)10-6-15)16-7-11-18(22)12-8-16/h3,5-12,14,21-22H,1,4,13H2,2H3,(H,23,24). The van der Waals surface area contributed by atoms with Gasteiger partial charge in [0.05, 0.1) is 5.92 Å². The molecule has 0 bridgehead atoms. The number of hydrogen-bond acceptors (Lipinski definition) is 3. The van der Waals surface area contributed by atoms with Crippen LogP contribution in [0.5, 0.6) is 11.5 Å². The number of carboxylic acids is 1. The minimum Gasteiger partial charge on any atom is -0.508 e. The van der Waals surface area contributed by atoms with E-state index in [0.717, 1.165) is 11.1 Å². The number of allylic oxidation sites excluding steroid dienone is 1. The van der Waals surface area contributed by atoms with E-state index in [4.69, 9.17) is 0 Å². The number of aliphatic carboxylic acids is 1. The highest BCUT2D eigenvalue weighted by Gasteiger charge is 2.34. The molecule has 126 valence electrons. The second-order valence-electron chi connectivity index (χ2n) is 6.19. The Morgan fingerprint density at radius 1 is 1.04 bits per heavy atom. The lowest BCUT2D eigenvalue weighted by atomic mass is 9.70. The van der Waals surface area contributed by atoms with Gasteiger partial charge in [-0.3, -0.25) is 4.79 Å². The fraction of sp³-hybridized carbons (Fsp3) is 0.250. The van der Waals surface area contributed by atoms with Crippen LogP contribution >= 0.6 is 0 Å². The highest BCUT2D eigenvalue weighted by Crippen LogP contribution is 2.40. The van der Waals surface area contributed by atoms with E-state index in [2.05, 4.69) is 6.58 Å². The monoisotopic (exact) mass is 326 g/mol. The highest BCUT2D eigenvalue weighted by molar-refractivity contribution is 5.70. The first-order valence-electron chi connectivity index (χ1n) is 7.79. The van der Waals surface area contributed by atoms with E-state index in [1.807, 2.05) is 6.92 Å². The Morgan fingerprint density at radius 3 is 1.79 bits per heavy atom. The van der Waals surface area contributed by atoms with Crippen LogP contribution in [0, 0.1) is 5.92 Å². The van der Waals surface area contributed by atoms with Crippen LogP contribution in [-0.2, 0) is 10.2 Å². The van der Waals surface area contributed by atoms with Gasteiger partial charge in [0.25, 0.3) is 0 Å². The number of carboxylic acid groups (broad SMARTS) is 1. The molecule has 4 nitrogen and oxygen atoms in total. The quantitative estimate of drug-likeness (QED) is 0.670. The summed E-state index contributed by atoms with van der Waals surface area (Å²) in [5, 5.41) is 28.6. The first-order chi connectivity index (χ1) is 11.4. The van der Waals surface area contributed by atoms with Gasteiger partial charge in [0.2, 0.25) is 0 Å². The van der Waals surface area contributed by atoms with Gasteiger partial charge in [-0.05, 0) is 48.2 Å². The summed E-state index contributed by atoms with van der Waals surface area (Å²) in [6.07, 6.45) is 2.37. The van der Waals surface area contributed by atoms with Crippen molar-refractivity contribution in [1.82, 2.24) is 0 Å². The van der Waals surface area contributed by atoms with Gasteiger partial charge in [-0.25, -0.2) is 0 Å². The summed E-state index contributed by atoms with van der Waals surface area (Å²) in [6.45, 7) is 5.63. The summed E-state index contributed by atoms with van der Waals surface area (Å²) in [5.41, 5.74) is 1.23.